The Morgan fingerprint density at radius 3 is 2.48 bits per heavy atom. The third kappa shape index (κ3) is 2.30. The van der Waals surface area contributed by atoms with Crippen LogP contribution in [0.5, 0.6) is 0 Å². The van der Waals surface area contributed by atoms with Crippen LogP contribution in [0.4, 0.5) is 0 Å². The maximum absolute atomic E-state index is 9.93. The molecule has 0 spiro atoms. The number of fused-ring (bicyclic) bond motifs is 1. The Morgan fingerprint density at radius 2 is 1.91 bits per heavy atom. The SMILES string of the molecule is Cc1cc(C)c(-c2nc3sc(C4CCC4)nn3c2CO)c(C)c1. The van der Waals surface area contributed by atoms with Gasteiger partial charge in [0.05, 0.1) is 18.0 Å². The van der Waals surface area contributed by atoms with Gasteiger partial charge in [-0.1, -0.05) is 35.5 Å². The van der Waals surface area contributed by atoms with Crippen molar-refractivity contribution in [3.05, 3.63) is 39.5 Å². The molecule has 0 unspecified atom stereocenters. The van der Waals surface area contributed by atoms with Crippen molar-refractivity contribution in [2.45, 2.75) is 52.6 Å². The molecule has 3 aromatic rings. The van der Waals surface area contributed by atoms with Crippen LogP contribution in [0.1, 0.15) is 52.6 Å². The maximum Gasteiger partial charge on any atom is 0.213 e. The largest absolute Gasteiger partial charge is 0.390 e. The Morgan fingerprint density at radius 1 is 1.22 bits per heavy atom. The summed E-state index contributed by atoms with van der Waals surface area (Å²) in [6, 6.07) is 4.34. The van der Waals surface area contributed by atoms with Crippen LogP contribution in [0.2, 0.25) is 0 Å². The topological polar surface area (TPSA) is 50.4 Å². The summed E-state index contributed by atoms with van der Waals surface area (Å²) >= 11 is 1.67. The first kappa shape index (κ1) is 14.8. The van der Waals surface area contributed by atoms with Crippen molar-refractivity contribution >= 4 is 16.3 Å². The van der Waals surface area contributed by atoms with Crippen molar-refractivity contribution in [3.63, 3.8) is 0 Å². The average molecular weight is 327 g/mol. The minimum atomic E-state index is -0.0445. The van der Waals surface area contributed by atoms with Crippen LogP contribution in [0.15, 0.2) is 12.1 Å². The Balaban J connectivity index is 1.89. The Hall–Kier alpha value is -1.72. The zero-order chi connectivity index (χ0) is 16.1. The van der Waals surface area contributed by atoms with Crippen LogP contribution in [-0.4, -0.2) is 19.7 Å². The number of aliphatic hydroxyl groups is 1. The molecule has 0 saturated heterocycles. The molecule has 4 rings (SSSR count). The number of aliphatic hydroxyl groups excluding tert-OH is 1. The molecule has 4 nitrogen and oxygen atoms in total. The molecule has 1 saturated carbocycles. The minimum Gasteiger partial charge on any atom is -0.390 e. The van der Waals surface area contributed by atoms with Crippen molar-refractivity contribution in [1.29, 1.82) is 0 Å². The molecule has 2 heterocycles. The molecule has 1 aliphatic rings. The van der Waals surface area contributed by atoms with Gasteiger partial charge in [0, 0.05) is 11.5 Å². The number of nitrogens with zero attached hydrogens (tertiary/aromatic N) is 3. The number of rotatable bonds is 3. The van der Waals surface area contributed by atoms with E-state index in [-0.39, 0.29) is 6.61 Å². The van der Waals surface area contributed by atoms with E-state index in [9.17, 15) is 5.11 Å². The lowest BCUT2D eigenvalue weighted by atomic mass is 9.86. The third-order valence-corrected chi connectivity index (χ3v) is 5.90. The fourth-order valence-corrected chi connectivity index (χ4v) is 4.61. The molecule has 5 heteroatoms. The standard InChI is InChI=1S/C18H21N3OS/c1-10-7-11(2)15(12(3)8-10)16-14(9-22)21-18(19-16)23-17(20-21)13-5-4-6-13/h7-8,13,22H,4-6,9H2,1-3H3. The van der Waals surface area contributed by atoms with Gasteiger partial charge in [-0.05, 0) is 44.7 Å². The van der Waals surface area contributed by atoms with Crippen LogP contribution in [0.25, 0.3) is 16.2 Å². The molecule has 0 amide bonds. The van der Waals surface area contributed by atoms with E-state index in [0.717, 1.165) is 26.9 Å². The lowest BCUT2D eigenvalue weighted by Gasteiger charge is -2.22. The Kier molecular flexibility index (Phi) is 3.50. The molecule has 1 aromatic carbocycles. The summed E-state index contributed by atoms with van der Waals surface area (Å²) in [6.45, 7) is 6.28. The fourth-order valence-electron chi connectivity index (χ4n) is 3.52. The van der Waals surface area contributed by atoms with E-state index >= 15 is 0 Å². The fraction of sp³-hybridized carbons (Fsp3) is 0.444. The molecule has 1 aliphatic carbocycles. The highest BCUT2D eigenvalue weighted by Gasteiger charge is 2.26. The first-order chi connectivity index (χ1) is 11.1. The zero-order valence-corrected chi connectivity index (χ0v) is 14.6. The summed E-state index contributed by atoms with van der Waals surface area (Å²) in [5.74, 6) is 0.597. The van der Waals surface area contributed by atoms with E-state index in [0.29, 0.717) is 5.92 Å². The third-order valence-electron chi connectivity index (χ3n) is 4.83. The smallest absolute Gasteiger partial charge is 0.213 e. The number of aryl methyl sites for hydroxylation is 3. The van der Waals surface area contributed by atoms with E-state index in [1.165, 1.54) is 36.0 Å². The summed E-state index contributed by atoms with van der Waals surface area (Å²) in [7, 11) is 0. The quantitative estimate of drug-likeness (QED) is 0.786. The van der Waals surface area contributed by atoms with Crippen molar-refractivity contribution in [1.82, 2.24) is 14.6 Å². The summed E-state index contributed by atoms with van der Waals surface area (Å²) in [4.78, 5) is 5.72. The van der Waals surface area contributed by atoms with Crippen molar-refractivity contribution in [3.8, 4) is 11.3 Å². The highest BCUT2D eigenvalue weighted by Crippen LogP contribution is 2.40. The van der Waals surface area contributed by atoms with Gasteiger partial charge in [-0.3, -0.25) is 0 Å². The second-order valence-electron chi connectivity index (χ2n) is 6.60. The predicted molar refractivity (Wildman–Crippen MR) is 93.0 cm³/mol. The van der Waals surface area contributed by atoms with E-state index < -0.39 is 0 Å². The number of imidazole rings is 1. The predicted octanol–water partition coefficient (Wildman–Crippen LogP) is 4.14. The van der Waals surface area contributed by atoms with Crippen LogP contribution < -0.4 is 0 Å². The highest BCUT2D eigenvalue weighted by atomic mass is 32.1. The first-order valence-electron chi connectivity index (χ1n) is 8.16. The second kappa shape index (κ2) is 5.42. The van der Waals surface area contributed by atoms with Gasteiger partial charge in [-0.15, -0.1) is 0 Å². The lowest BCUT2D eigenvalue weighted by Crippen LogP contribution is -2.09. The molecule has 0 aliphatic heterocycles. The van der Waals surface area contributed by atoms with Gasteiger partial charge in [0.2, 0.25) is 4.96 Å². The normalized spacial score (nSPS) is 15.3. The number of benzene rings is 1. The number of hydrogen-bond acceptors (Lipinski definition) is 4. The molecule has 0 bridgehead atoms. The molecule has 1 fully saturated rings. The second-order valence-corrected chi connectivity index (χ2v) is 7.59. The number of aromatic nitrogens is 3. The van der Waals surface area contributed by atoms with Crippen molar-refractivity contribution in [2.24, 2.45) is 0 Å². The van der Waals surface area contributed by atoms with Gasteiger partial charge in [-0.25, -0.2) is 9.50 Å². The van der Waals surface area contributed by atoms with Crippen molar-refractivity contribution in [2.75, 3.05) is 0 Å². The van der Waals surface area contributed by atoms with Crippen LogP contribution in [-0.2, 0) is 6.61 Å². The van der Waals surface area contributed by atoms with Crippen molar-refractivity contribution < 1.29 is 5.11 Å². The molecule has 0 atom stereocenters. The van der Waals surface area contributed by atoms with E-state index in [1.54, 1.807) is 11.3 Å². The van der Waals surface area contributed by atoms with Gasteiger partial charge < -0.3 is 5.11 Å². The van der Waals surface area contributed by atoms with E-state index in [1.807, 2.05) is 4.52 Å². The van der Waals surface area contributed by atoms with Crippen LogP contribution >= 0.6 is 11.3 Å². The molecule has 120 valence electrons. The molecular formula is C18H21N3OS. The first-order valence-corrected chi connectivity index (χ1v) is 8.97. The summed E-state index contributed by atoms with van der Waals surface area (Å²) in [5, 5.41) is 15.8. The van der Waals surface area contributed by atoms with Gasteiger partial charge in [0.15, 0.2) is 0 Å². The van der Waals surface area contributed by atoms with Crippen LogP contribution in [0, 0.1) is 20.8 Å². The van der Waals surface area contributed by atoms with Gasteiger partial charge in [0.25, 0.3) is 0 Å². The number of hydrogen-bond donors (Lipinski definition) is 1. The Bertz CT molecular complexity index is 866. The van der Waals surface area contributed by atoms with E-state index in [4.69, 9.17) is 10.1 Å². The maximum atomic E-state index is 9.93. The molecule has 1 N–H and O–H groups in total. The highest BCUT2D eigenvalue weighted by molar-refractivity contribution is 7.16. The molecule has 2 aromatic heterocycles. The Labute approximate surface area is 139 Å². The lowest BCUT2D eigenvalue weighted by molar-refractivity contribution is 0.274. The van der Waals surface area contributed by atoms with Crippen LogP contribution in [0.3, 0.4) is 0 Å². The molecular weight excluding hydrogens is 306 g/mol. The van der Waals surface area contributed by atoms with Gasteiger partial charge >= 0.3 is 0 Å². The average Bonchev–Trinajstić information content (AvgIpc) is 2.92. The minimum absolute atomic E-state index is 0.0445. The summed E-state index contributed by atoms with van der Waals surface area (Å²) in [6.07, 6.45) is 3.76. The monoisotopic (exact) mass is 327 g/mol. The van der Waals surface area contributed by atoms with Gasteiger partial charge in [-0.2, -0.15) is 5.10 Å². The summed E-state index contributed by atoms with van der Waals surface area (Å²) < 4.78 is 1.85. The molecule has 0 radical (unpaired) electrons. The zero-order valence-electron chi connectivity index (χ0n) is 13.8. The van der Waals surface area contributed by atoms with Gasteiger partial charge in [0.1, 0.15) is 5.01 Å². The molecule has 23 heavy (non-hydrogen) atoms. The summed E-state index contributed by atoms with van der Waals surface area (Å²) in [5.41, 5.74) is 6.45. The van der Waals surface area contributed by atoms with E-state index in [2.05, 4.69) is 32.9 Å².